The van der Waals surface area contributed by atoms with Gasteiger partial charge in [-0.3, -0.25) is 14.6 Å². The SMILES string of the molecule is COc1ccc(CCC(=O)c2ccc([C@@H]3C[C@H]3C(=O)Cc3ccc4cnccc4c3)c(F)c2)cc1. The van der Waals surface area contributed by atoms with Crippen molar-refractivity contribution in [3.8, 4) is 5.75 Å². The van der Waals surface area contributed by atoms with Crippen LogP contribution in [0.1, 0.15) is 45.8 Å². The highest BCUT2D eigenvalue weighted by molar-refractivity contribution is 5.96. The normalized spacial score (nSPS) is 16.7. The van der Waals surface area contributed by atoms with Crippen LogP contribution in [0.3, 0.4) is 0 Å². The van der Waals surface area contributed by atoms with Crippen LogP contribution < -0.4 is 4.74 Å². The van der Waals surface area contributed by atoms with Crippen molar-refractivity contribution < 1.29 is 18.7 Å². The van der Waals surface area contributed by atoms with Crippen LogP contribution in [0.15, 0.2) is 79.1 Å². The first-order valence-corrected chi connectivity index (χ1v) is 11.8. The average Bonchev–Trinajstić information content (AvgIpc) is 3.68. The lowest BCUT2D eigenvalue weighted by molar-refractivity contribution is -0.119. The number of benzene rings is 3. The van der Waals surface area contributed by atoms with Gasteiger partial charge >= 0.3 is 0 Å². The number of nitrogens with zero attached hydrogens (tertiary/aromatic N) is 1. The molecular weight excluding hydrogens is 441 g/mol. The summed E-state index contributed by atoms with van der Waals surface area (Å²) < 4.78 is 20.1. The van der Waals surface area contributed by atoms with Crippen LogP contribution >= 0.6 is 0 Å². The average molecular weight is 468 g/mol. The second kappa shape index (κ2) is 9.79. The lowest BCUT2D eigenvalue weighted by Gasteiger charge is -2.07. The largest absolute Gasteiger partial charge is 0.497 e. The third-order valence-corrected chi connectivity index (χ3v) is 6.81. The molecule has 0 bridgehead atoms. The van der Waals surface area contributed by atoms with Crippen molar-refractivity contribution in [1.29, 1.82) is 0 Å². The van der Waals surface area contributed by atoms with E-state index in [9.17, 15) is 14.0 Å². The third-order valence-electron chi connectivity index (χ3n) is 6.81. The van der Waals surface area contributed by atoms with Crippen molar-refractivity contribution in [2.24, 2.45) is 5.92 Å². The molecule has 35 heavy (non-hydrogen) atoms. The van der Waals surface area contributed by atoms with E-state index < -0.39 is 5.82 Å². The van der Waals surface area contributed by atoms with Gasteiger partial charge in [0.1, 0.15) is 17.3 Å². The van der Waals surface area contributed by atoms with E-state index in [0.717, 1.165) is 27.6 Å². The maximum atomic E-state index is 14.9. The zero-order valence-corrected chi connectivity index (χ0v) is 19.5. The highest BCUT2D eigenvalue weighted by atomic mass is 19.1. The summed E-state index contributed by atoms with van der Waals surface area (Å²) in [4.78, 5) is 29.6. The van der Waals surface area contributed by atoms with E-state index >= 15 is 0 Å². The summed E-state index contributed by atoms with van der Waals surface area (Å²) in [6, 6.07) is 20.1. The molecule has 0 unspecified atom stereocenters. The lowest BCUT2D eigenvalue weighted by atomic mass is 9.98. The highest BCUT2D eigenvalue weighted by Gasteiger charge is 2.44. The smallest absolute Gasteiger partial charge is 0.163 e. The molecule has 3 aromatic carbocycles. The van der Waals surface area contributed by atoms with E-state index in [1.807, 2.05) is 48.5 Å². The summed E-state index contributed by atoms with van der Waals surface area (Å²) in [5.41, 5.74) is 2.88. The molecule has 5 heteroatoms. The van der Waals surface area contributed by atoms with Gasteiger partial charge in [0, 0.05) is 42.1 Å². The lowest BCUT2D eigenvalue weighted by Crippen LogP contribution is -2.07. The van der Waals surface area contributed by atoms with Gasteiger partial charge < -0.3 is 4.74 Å². The van der Waals surface area contributed by atoms with Gasteiger partial charge in [0.15, 0.2) is 5.78 Å². The van der Waals surface area contributed by atoms with E-state index in [2.05, 4.69) is 4.98 Å². The second-order valence-electron chi connectivity index (χ2n) is 9.16. The minimum absolute atomic E-state index is 0.0961. The molecule has 0 amide bonds. The molecular formula is C30H26FNO3. The maximum absolute atomic E-state index is 14.9. The Bertz CT molecular complexity index is 1400. The van der Waals surface area contributed by atoms with E-state index in [0.29, 0.717) is 36.8 Å². The molecule has 1 aromatic heterocycles. The Balaban J connectivity index is 1.19. The third kappa shape index (κ3) is 5.14. The number of pyridine rings is 1. The van der Waals surface area contributed by atoms with Crippen LogP contribution in [0, 0.1) is 11.7 Å². The van der Waals surface area contributed by atoms with Crippen molar-refractivity contribution in [2.45, 2.75) is 31.6 Å². The number of ketones is 2. The Hall–Kier alpha value is -3.86. The van der Waals surface area contributed by atoms with Crippen LogP contribution in [-0.4, -0.2) is 23.7 Å². The van der Waals surface area contributed by atoms with Crippen LogP contribution in [0.25, 0.3) is 10.8 Å². The van der Waals surface area contributed by atoms with Crippen LogP contribution in [0.2, 0.25) is 0 Å². The Kier molecular flexibility index (Phi) is 6.41. The molecule has 176 valence electrons. The number of hydrogen-bond acceptors (Lipinski definition) is 4. The molecule has 0 N–H and O–H groups in total. The molecule has 1 aliphatic rings. The molecule has 1 fully saturated rings. The van der Waals surface area contributed by atoms with Crippen molar-refractivity contribution in [1.82, 2.24) is 4.98 Å². The Morgan fingerprint density at radius 1 is 0.971 bits per heavy atom. The molecule has 4 nitrogen and oxygen atoms in total. The number of ether oxygens (including phenoxy) is 1. The fourth-order valence-corrected chi connectivity index (χ4v) is 4.67. The predicted molar refractivity (Wildman–Crippen MR) is 133 cm³/mol. The molecule has 0 saturated heterocycles. The Morgan fingerprint density at radius 2 is 1.77 bits per heavy atom. The first-order valence-electron chi connectivity index (χ1n) is 11.8. The summed E-state index contributed by atoms with van der Waals surface area (Å²) in [6.45, 7) is 0. The van der Waals surface area contributed by atoms with Crippen LogP contribution in [-0.2, 0) is 17.6 Å². The van der Waals surface area contributed by atoms with Gasteiger partial charge in [-0.2, -0.15) is 0 Å². The van der Waals surface area contributed by atoms with Gasteiger partial charge in [-0.25, -0.2) is 4.39 Å². The number of carbonyl (C=O) groups excluding carboxylic acids is 2. The van der Waals surface area contributed by atoms with E-state index in [-0.39, 0.29) is 23.4 Å². The van der Waals surface area contributed by atoms with E-state index in [1.165, 1.54) is 6.07 Å². The van der Waals surface area contributed by atoms with Gasteiger partial charge in [0.2, 0.25) is 0 Å². The first kappa shape index (κ1) is 22.9. The van der Waals surface area contributed by atoms with E-state index in [4.69, 9.17) is 4.74 Å². The number of carbonyl (C=O) groups is 2. The van der Waals surface area contributed by atoms with Crippen molar-refractivity contribution >= 4 is 22.3 Å². The maximum Gasteiger partial charge on any atom is 0.163 e. The second-order valence-corrected chi connectivity index (χ2v) is 9.16. The number of aryl methyl sites for hydroxylation is 1. The van der Waals surface area contributed by atoms with Gasteiger partial charge in [0.25, 0.3) is 0 Å². The molecule has 0 spiro atoms. The Labute approximate surface area is 203 Å². The van der Waals surface area contributed by atoms with Gasteiger partial charge in [-0.15, -0.1) is 0 Å². The number of halogens is 1. The fraction of sp³-hybridized carbons (Fsp3) is 0.233. The number of aromatic nitrogens is 1. The molecule has 1 aliphatic carbocycles. The van der Waals surface area contributed by atoms with E-state index in [1.54, 1.807) is 31.6 Å². The minimum Gasteiger partial charge on any atom is -0.497 e. The van der Waals surface area contributed by atoms with Gasteiger partial charge in [-0.05, 0) is 65.1 Å². The topological polar surface area (TPSA) is 56.3 Å². The zero-order valence-electron chi connectivity index (χ0n) is 19.5. The molecule has 2 atom stereocenters. The molecule has 0 radical (unpaired) electrons. The summed E-state index contributed by atoms with van der Waals surface area (Å²) >= 11 is 0. The zero-order chi connectivity index (χ0) is 24.4. The number of fused-ring (bicyclic) bond motifs is 1. The monoisotopic (exact) mass is 467 g/mol. The van der Waals surface area contributed by atoms with Gasteiger partial charge in [0.05, 0.1) is 7.11 Å². The van der Waals surface area contributed by atoms with Crippen LogP contribution in [0.4, 0.5) is 4.39 Å². The first-order chi connectivity index (χ1) is 17.0. The predicted octanol–water partition coefficient (Wildman–Crippen LogP) is 6.11. The summed E-state index contributed by atoms with van der Waals surface area (Å²) in [5, 5.41) is 2.09. The molecule has 0 aliphatic heterocycles. The fourth-order valence-electron chi connectivity index (χ4n) is 4.67. The quantitative estimate of drug-likeness (QED) is 0.279. The molecule has 5 rings (SSSR count). The van der Waals surface area contributed by atoms with Crippen molar-refractivity contribution in [3.05, 3.63) is 107 Å². The molecule has 1 heterocycles. The summed E-state index contributed by atoms with van der Waals surface area (Å²) in [6.07, 6.45) is 5.41. The number of hydrogen-bond donors (Lipinski definition) is 0. The minimum atomic E-state index is -0.404. The standard InChI is InChI=1S/C30H26FNO3/c1-35-24-8-3-19(4-9-24)5-11-29(33)22-7-10-25(28(31)16-22)26-17-27(26)30(34)15-20-2-6-23-18-32-13-12-21(23)14-20/h2-4,6-10,12-14,16,18,26-27H,5,11,15,17H2,1H3/t26-,27+/m0/s1. The van der Waals surface area contributed by atoms with Crippen LogP contribution in [0.5, 0.6) is 5.75 Å². The Morgan fingerprint density at radius 3 is 2.54 bits per heavy atom. The van der Waals surface area contributed by atoms with Gasteiger partial charge in [-0.1, -0.05) is 42.5 Å². The molecule has 1 saturated carbocycles. The summed E-state index contributed by atoms with van der Waals surface area (Å²) in [7, 11) is 1.61. The van der Waals surface area contributed by atoms with Crippen molar-refractivity contribution in [2.75, 3.05) is 7.11 Å². The number of Topliss-reactive ketones (excluding diaryl/α,β-unsaturated/α-hetero) is 2. The highest BCUT2D eigenvalue weighted by Crippen LogP contribution is 2.49. The van der Waals surface area contributed by atoms with Crippen molar-refractivity contribution in [3.63, 3.8) is 0 Å². The number of methoxy groups -OCH3 is 1. The summed E-state index contributed by atoms with van der Waals surface area (Å²) in [5.74, 6) is 0.108. The number of rotatable bonds is 9. The molecule has 4 aromatic rings.